The number of carbonyl (C=O) groups excluding carboxylic acids is 2. The normalized spacial score (nSPS) is 40.9. The van der Waals surface area contributed by atoms with Gasteiger partial charge in [0.1, 0.15) is 5.82 Å². The minimum absolute atomic E-state index is 0.0159. The van der Waals surface area contributed by atoms with E-state index in [2.05, 4.69) is 24.1 Å². The van der Waals surface area contributed by atoms with Crippen molar-refractivity contribution in [3.05, 3.63) is 30.1 Å². The van der Waals surface area contributed by atoms with Crippen LogP contribution in [0.5, 0.6) is 0 Å². The van der Waals surface area contributed by atoms with Crippen molar-refractivity contribution in [2.24, 2.45) is 41.5 Å². The second-order valence-corrected chi connectivity index (χ2v) is 11.1. The highest BCUT2D eigenvalue weighted by Gasteiger charge is 2.62. The number of halogens is 1. The van der Waals surface area contributed by atoms with E-state index in [4.69, 9.17) is 0 Å². The number of likely N-dealkylation sites (N-methyl/N-ethyl adjacent to an activating group) is 1. The van der Waals surface area contributed by atoms with Crippen molar-refractivity contribution < 1.29 is 14.0 Å². The smallest absolute Gasteiger partial charge is 0.282 e. The van der Waals surface area contributed by atoms with E-state index in [9.17, 15) is 14.0 Å². The number of aromatic nitrogens is 2. The largest absolute Gasteiger partial charge is 0.349 e. The van der Waals surface area contributed by atoms with Gasteiger partial charge >= 0.3 is 0 Å². The number of carbonyl (C=O) groups is 2. The quantitative estimate of drug-likeness (QED) is 0.778. The van der Waals surface area contributed by atoms with Crippen molar-refractivity contribution in [3.8, 4) is 0 Å². The third-order valence-corrected chi connectivity index (χ3v) is 9.82. The van der Waals surface area contributed by atoms with Crippen LogP contribution in [0.2, 0.25) is 0 Å². The summed E-state index contributed by atoms with van der Waals surface area (Å²) in [5, 5.41) is 3.14. The summed E-state index contributed by atoms with van der Waals surface area (Å²) in [5.74, 6) is 1.26. The molecule has 4 aliphatic rings. The summed E-state index contributed by atoms with van der Waals surface area (Å²) in [7, 11) is 3.69. The summed E-state index contributed by atoms with van der Waals surface area (Å²) in [6.07, 6.45) is 11.2. The van der Waals surface area contributed by atoms with Gasteiger partial charge in [-0.3, -0.25) is 9.59 Å². The van der Waals surface area contributed by atoms with Crippen molar-refractivity contribution in [1.82, 2.24) is 19.8 Å². The Labute approximate surface area is 189 Å². The Kier molecular flexibility index (Phi) is 5.02. The van der Waals surface area contributed by atoms with E-state index in [1.165, 1.54) is 0 Å². The molecule has 7 heteroatoms. The monoisotopic (exact) mass is 442 g/mol. The summed E-state index contributed by atoms with van der Waals surface area (Å²) < 4.78 is 16.5. The van der Waals surface area contributed by atoms with Gasteiger partial charge in [-0.05, 0) is 67.8 Å². The summed E-state index contributed by atoms with van der Waals surface area (Å²) in [5.41, 5.74) is -0.343. The van der Waals surface area contributed by atoms with E-state index in [0.717, 1.165) is 44.3 Å². The Morgan fingerprint density at radius 3 is 2.69 bits per heavy atom. The van der Waals surface area contributed by atoms with E-state index < -0.39 is 11.7 Å². The van der Waals surface area contributed by atoms with Crippen LogP contribution in [0.1, 0.15) is 58.2 Å². The fourth-order valence-electron chi connectivity index (χ4n) is 8.12. The SMILES string of the molecule is CN1C(=O)C(F)=C[C@]2(C)C3CC[C@]4(C)[C@@H](C(=O)NCc5nccn5C)CC[C@H]4C3CC[C@@H]12. The Morgan fingerprint density at radius 2 is 1.97 bits per heavy atom. The number of nitrogens with one attached hydrogen (secondary N) is 1. The summed E-state index contributed by atoms with van der Waals surface area (Å²) in [6.45, 7) is 4.93. The lowest BCUT2D eigenvalue weighted by molar-refractivity contribution is -0.145. The molecule has 3 aliphatic carbocycles. The highest BCUT2D eigenvalue weighted by Crippen LogP contribution is 2.65. The molecule has 2 amide bonds. The number of imidazole rings is 1. The molecule has 0 aromatic carbocycles. The van der Waals surface area contributed by atoms with Gasteiger partial charge in [0, 0.05) is 43.9 Å². The molecule has 3 fully saturated rings. The van der Waals surface area contributed by atoms with Gasteiger partial charge in [0.05, 0.1) is 6.54 Å². The first-order valence-corrected chi connectivity index (χ1v) is 12.1. The van der Waals surface area contributed by atoms with Gasteiger partial charge in [0.15, 0.2) is 5.83 Å². The molecule has 1 aromatic rings. The van der Waals surface area contributed by atoms with Gasteiger partial charge < -0.3 is 14.8 Å². The van der Waals surface area contributed by atoms with Gasteiger partial charge in [-0.1, -0.05) is 13.8 Å². The first kappa shape index (κ1) is 21.7. The van der Waals surface area contributed by atoms with Crippen molar-refractivity contribution in [2.45, 2.75) is 65.0 Å². The number of nitrogens with zero attached hydrogens (tertiary/aromatic N) is 3. The minimum atomic E-state index is -0.599. The number of amides is 2. The maximum Gasteiger partial charge on any atom is 0.282 e. The molecule has 0 bridgehead atoms. The third-order valence-electron chi connectivity index (χ3n) is 9.82. The Morgan fingerprint density at radius 1 is 1.19 bits per heavy atom. The minimum Gasteiger partial charge on any atom is -0.349 e. The topological polar surface area (TPSA) is 67.2 Å². The van der Waals surface area contributed by atoms with Crippen molar-refractivity contribution in [3.63, 3.8) is 0 Å². The first-order valence-electron chi connectivity index (χ1n) is 12.1. The molecule has 2 heterocycles. The molecule has 32 heavy (non-hydrogen) atoms. The molecule has 6 nitrogen and oxygen atoms in total. The van der Waals surface area contributed by atoms with Crippen LogP contribution >= 0.6 is 0 Å². The fraction of sp³-hybridized carbons (Fsp3) is 0.720. The lowest BCUT2D eigenvalue weighted by atomic mass is 9.47. The highest BCUT2D eigenvalue weighted by molar-refractivity contribution is 5.92. The van der Waals surface area contributed by atoms with Crippen LogP contribution in [-0.2, 0) is 23.2 Å². The third kappa shape index (κ3) is 2.99. The maximum atomic E-state index is 14.6. The van der Waals surface area contributed by atoms with Gasteiger partial charge in [-0.2, -0.15) is 0 Å². The first-order chi connectivity index (χ1) is 15.2. The molecular formula is C25H35FN4O2. The molecule has 3 saturated carbocycles. The van der Waals surface area contributed by atoms with E-state index in [0.29, 0.717) is 24.3 Å². The lowest BCUT2D eigenvalue weighted by Gasteiger charge is -2.60. The Balaban J connectivity index is 1.35. The Hall–Kier alpha value is -2.18. The van der Waals surface area contributed by atoms with E-state index in [1.54, 1.807) is 24.2 Å². The number of fused-ring (bicyclic) bond motifs is 5. The second kappa shape index (κ2) is 7.42. The zero-order valence-corrected chi connectivity index (χ0v) is 19.6. The summed E-state index contributed by atoms with van der Waals surface area (Å²) in [4.78, 5) is 31.4. The number of rotatable bonds is 3. The predicted molar refractivity (Wildman–Crippen MR) is 119 cm³/mol. The number of hydrogen-bond acceptors (Lipinski definition) is 3. The van der Waals surface area contributed by atoms with E-state index in [-0.39, 0.29) is 28.7 Å². The van der Waals surface area contributed by atoms with Crippen LogP contribution in [0.25, 0.3) is 0 Å². The zero-order valence-electron chi connectivity index (χ0n) is 19.6. The van der Waals surface area contributed by atoms with Gasteiger partial charge in [-0.15, -0.1) is 0 Å². The molecule has 5 rings (SSSR count). The maximum absolute atomic E-state index is 14.6. The van der Waals surface area contributed by atoms with Crippen LogP contribution in [0.15, 0.2) is 24.3 Å². The summed E-state index contributed by atoms with van der Waals surface area (Å²) in [6, 6.07) is 0.0680. The van der Waals surface area contributed by atoms with Crippen molar-refractivity contribution in [1.29, 1.82) is 0 Å². The molecule has 0 spiro atoms. The van der Waals surface area contributed by atoms with Crippen LogP contribution in [-0.4, -0.2) is 39.4 Å². The molecule has 2 unspecified atom stereocenters. The van der Waals surface area contributed by atoms with Gasteiger partial charge in [0.2, 0.25) is 5.91 Å². The molecule has 174 valence electrons. The molecule has 1 N–H and O–H groups in total. The standard InChI is InChI=1S/C25H35FN4O2/c1-24-10-9-17-15(5-8-20-25(17,2)13-19(26)23(32)30(20)4)16(24)6-7-18(24)22(31)28-14-21-27-11-12-29(21)3/h11-13,15-18,20H,5-10,14H2,1-4H3,(H,28,31)/t15?,16-,17?,18+,20+,24-,25+/m0/s1. The molecule has 0 radical (unpaired) electrons. The Bertz CT molecular complexity index is 973. The molecular weight excluding hydrogens is 407 g/mol. The van der Waals surface area contributed by atoms with Crippen LogP contribution in [0.3, 0.4) is 0 Å². The molecule has 1 aliphatic heterocycles. The molecule has 0 saturated heterocycles. The summed E-state index contributed by atoms with van der Waals surface area (Å²) >= 11 is 0. The van der Waals surface area contributed by atoms with Crippen LogP contribution in [0, 0.1) is 34.5 Å². The van der Waals surface area contributed by atoms with Gasteiger partial charge in [-0.25, -0.2) is 9.37 Å². The van der Waals surface area contributed by atoms with Crippen LogP contribution < -0.4 is 5.32 Å². The molecule has 1 aromatic heterocycles. The zero-order chi connectivity index (χ0) is 22.8. The van der Waals surface area contributed by atoms with E-state index >= 15 is 0 Å². The van der Waals surface area contributed by atoms with Crippen LogP contribution in [0.4, 0.5) is 4.39 Å². The average Bonchev–Trinajstić information content (AvgIpc) is 3.32. The van der Waals surface area contributed by atoms with Crippen molar-refractivity contribution in [2.75, 3.05) is 7.05 Å². The van der Waals surface area contributed by atoms with E-state index in [1.807, 2.05) is 17.8 Å². The fourth-order valence-corrected chi connectivity index (χ4v) is 8.12. The lowest BCUT2D eigenvalue weighted by Crippen LogP contribution is -2.60. The van der Waals surface area contributed by atoms with Crippen molar-refractivity contribution >= 4 is 11.8 Å². The predicted octanol–water partition coefficient (Wildman–Crippen LogP) is 3.59. The number of aryl methyl sites for hydroxylation is 1. The highest BCUT2D eigenvalue weighted by atomic mass is 19.1. The average molecular weight is 443 g/mol. The number of hydrogen-bond donors (Lipinski definition) is 1. The second-order valence-electron chi connectivity index (χ2n) is 11.1. The molecule has 7 atom stereocenters. The van der Waals surface area contributed by atoms with Gasteiger partial charge in [0.25, 0.3) is 5.91 Å².